The number of likely N-dealkylation sites (N-methyl/N-ethyl adjacent to an activating group) is 1. The highest BCUT2D eigenvalue weighted by molar-refractivity contribution is 5.81. The van der Waals surface area contributed by atoms with E-state index in [0.29, 0.717) is 12.0 Å². The topological polar surface area (TPSA) is 58.4 Å². The van der Waals surface area contributed by atoms with Crippen LogP contribution in [0.5, 0.6) is 0 Å². The van der Waals surface area contributed by atoms with Crippen molar-refractivity contribution >= 4 is 5.91 Å². The zero-order valence-electron chi connectivity index (χ0n) is 10.1. The molecule has 2 rings (SSSR count). The number of rotatable bonds is 3. The highest BCUT2D eigenvalue weighted by Gasteiger charge is 2.39. The average molecular weight is 225 g/mol. The SMILES string of the molecule is CNC(=O)C1CCCN1C1CCCC1CN. The maximum absolute atomic E-state index is 11.8. The summed E-state index contributed by atoms with van der Waals surface area (Å²) < 4.78 is 0. The first-order chi connectivity index (χ1) is 7.77. The maximum atomic E-state index is 11.8. The van der Waals surface area contributed by atoms with Crippen LogP contribution in [0.4, 0.5) is 0 Å². The van der Waals surface area contributed by atoms with Crippen LogP contribution in [0.25, 0.3) is 0 Å². The van der Waals surface area contributed by atoms with Crippen LogP contribution in [0.1, 0.15) is 32.1 Å². The molecule has 0 aromatic rings. The molecule has 1 amide bonds. The Hall–Kier alpha value is -0.610. The van der Waals surface area contributed by atoms with Gasteiger partial charge in [-0.3, -0.25) is 9.69 Å². The summed E-state index contributed by atoms with van der Waals surface area (Å²) in [4.78, 5) is 14.2. The minimum Gasteiger partial charge on any atom is -0.358 e. The summed E-state index contributed by atoms with van der Waals surface area (Å²) in [5.41, 5.74) is 5.82. The third kappa shape index (κ3) is 2.09. The normalized spacial score (nSPS) is 35.5. The standard InChI is InChI=1S/C12H23N3O/c1-14-12(16)11-6-3-7-15(11)10-5-2-4-9(10)8-13/h9-11H,2-8,13H2,1H3,(H,14,16). The molecular formula is C12H23N3O. The number of carbonyl (C=O) groups excluding carboxylic acids is 1. The Morgan fingerprint density at radius 3 is 2.88 bits per heavy atom. The molecular weight excluding hydrogens is 202 g/mol. The van der Waals surface area contributed by atoms with Crippen molar-refractivity contribution in [1.82, 2.24) is 10.2 Å². The molecule has 3 atom stereocenters. The first kappa shape index (κ1) is 11.9. The van der Waals surface area contributed by atoms with Gasteiger partial charge in [0.2, 0.25) is 5.91 Å². The molecule has 0 radical (unpaired) electrons. The predicted molar refractivity (Wildman–Crippen MR) is 64.0 cm³/mol. The fourth-order valence-corrected chi connectivity index (χ4v) is 3.36. The van der Waals surface area contributed by atoms with E-state index < -0.39 is 0 Å². The van der Waals surface area contributed by atoms with E-state index in [1.54, 1.807) is 7.05 Å². The molecule has 0 aromatic heterocycles. The number of likely N-dealkylation sites (tertiary alicyclic amines) is 1. The Bertz CT molecular complexity index is 257. The fourth-order valence-electron chi connectivity index (χ4n) is 3.36. The third-order valence-corrected chi connectivity index (χ3v) is 4.19. The van der Waals surface area contributed by atoms with Gasteiger partial charge in [0.05, 0.1) is 6.04 Å². The zero-order chi connectivity index (χ0) is 11.5. The van der Waals surface area contributed by atoms with Gasteiger partial charge in [-0.15, -0.1) is 0 Å². The van der Waals surface area contributed by atoms with Crippen molar-refractivity contribution in [1.29, 1.82) is 0 Å². The molecule has 92 valence electrons. The molecule has 4 heteroatoms. The summed E-state index contributed by atoms with van der Waals surface area (Å²) in [5, 5.41) is 2.78. The Balaban J connectivity index is 2.04. The first-order valence-corrected chi connectivity index (χ1v) is 6.45. The van der Waals surface area contributed by atoms with E-state index in [0.717, 1.165) is 25.9 Å². The molecule has 1 aliphatic heterocycles. The molecule has 1 saturated carbocycles. The van der Waals surface area contributed by atoms with Crippen molar-refractivity contribution in [2.24, 2.45) is 11.7 Å². The minimum atomic E-state index is 0.0992. The molecule has 2 aliphatic rings. The summed E-state index contributed by atoms with van der Waals surface area (Å²) in [6.45, 7) is 1.83. The van der Waals surface area contributed by atoms with Crippen molar-refractivity contribution in [2.75, 3.05) is 20.1 Å². The largest absolute Gasteiger partial charge is 0.358 e. The number of nitrogens with two attached hydrogens (primary N) is 1. The van der Waals surface area contributed by atoms with Crippen LogP contribution in [0.15, 0.2) is 0 Å². The van der Waals surface area contributed by atoms with Gasteiger partial charge >= 0.3 is 0 Å². The highest BCUT2D eigenvalue weighted by Crippen LogP contribution is 2.33. The fraction of sp³-hybridized carbons (Fsp3) is 0.917. The maximum Gasteiger partial charge on any atom is 0.237 e. The Kier molecular flexibility index (Phi) is 3.82. The molecule has 2 fully saturated rings. The van der Waals surface area contributed by atoms with Gasteiger partial charge in [0.1, 0.15) is 0 Å². The lowest BCUT2D eigenvalue weighted by atomic mass is 10.0. The van der Waals surface area contributed by atoms with Crippen LogP contribution in [0.3, 0.4) is 0 Å². The van der Waals surface area contributed by atoms with E-state index in [4.69, 9.17) is 5.73 Å². The Labute approximate surface area is 97.6 Å². The van der Waals surface area contributed by atoms with Crippen molar-refractivity contribution in [2.45, 2.75) is 44.2 Å². The number of nitrogens with zero attached hydrogens (tertiary/aromatic N) is 1. The molecule has 0 bridgehead atoms. The summed E-state index contributed by atoms with van der Waals surface area (Å²) in [7, 11) is 1.73. The molecule has 3 unspecified atom stereocenters. The predicted octanol–water partition coefficient (Wildman–Crippen LogP) is 0.324. The Morgan fingerprint density at radius 1 is 1.38 bits per heavy atom. The van der Waals surface area contributed by atoms with Gasteiger partial charge in [-0.05, 0) is 44.7 Å². The van der Waals surface area contributed by atoms with Crippen molar-refractivity contribution in [3.8, 4) is 0 Å². The van der Waals surface area contributed by atoms with Gasteiger partial charge in [0, 0.05) is 13.1 Å². The second-order valence-electron chi connectivity index (χ2n) is 5.00. The van der Waals surface area contributed by atoms with Gasteiger partial charge in [-0.1, -0.05) is 6.42 Å². The number of carbonyl (C=O) groups is 1. The molecule has 1 aliphatic carbocycles. The molecule has 3 N–H and O–H groups in total. The molecule has 0 spiro atoms. The second-order valence-corrected chi connectivity index (χ2v) is 5.00. The van der Waals surface area contributed by atoms with Crippen LogP contribution < -0.4 is 11.1 Å². The number of nitrogens with one attached hydrogen (secondary N) is 1. The van der Waals surface area contributed by atoms with Crippen molar-refractivity contribution in [3.05, 3.63) is 0 Å². The zero-order valence-corrected chi connectivity index (χ0v) is 10.1. The van der Waals surface area contributed by atoms with Gasteiger partial charge < -0.3 is 11.1 Å². The lowest BCUT2D eigenvalue weighted by Crippen LogP contribution is -2.49. The van der Waals surface area contributed by atoms with E-state index in [2.05, 4.69) is 10.2 Å². The van der Waals surface area contributed by atoms with Gasteiger partial charge in [-0.2, -0.15) is 0 Å². The van der Waals surface area contributed by atoms with Gasteiger partial charge in [0.25, 0.3) is 0 Å². The number of hydrogen-bond acceptors (Lipinski definition) is 3. The lowest BCUT2D eigenvalue weighted by Gasteiger charge is -2.33. The van der Waals surface area contributed by atoms with Crippen LogP contribution in [-0.4, -0.2) is 43.0 Å². The minimum absolute atomic E-state index is 0.0992. The quantitative estimate of drug-likeness (QED) is 0.727. The van der Waals surface area contributed by atoms with E-state index in [9.17, 15) is 4.79 Å². The smallest absolute Gasteiger partial charge is 0.237 e. The molecule has 4 nitrogen and oxygen atoms in total. The van der Waals surface area contributed by atoms with Gasteiger partial charge in [0.15, 0.2) is 0 Å². The third-order valence-electron chi connectivity index (χ3n) is 4.19. The lowest BCUT2D eigenvalue weighted by molar-refractivity contribution is -0.125. The van der Waals surface area contributed by atoms with E-state index in [1.165, 1.54) is 19.3 Å². The molecule has 16 heavy (non-hydrogen) atoms. The van der Waals surface area contributed by atoms with Crippen LogP contribution in [0.2, 0.25) is 0 Å². The summed E-state index contributed by atoms with van der Waals surface area (Å²) in [6, 6.07) is 0.650. The summed E-state index contributed by atoms with van der Waals surface area (Å²) in [6.07, 6.45) is 5.87. The van der Waals surface area contributed by atoms with Crippen molar-refractivity contribution < 1.29 is 4.79 Å². The second kappa shape index (κ2) is 5.15. The average Bonchev–Trinajstić information content (AvgIpc) is 2.94. The van der Waals surface area contributed by atoms with E-state index >= 15 is 0 Å². The summed E-state index contributed by atoms with van der Waals surface area (Å²) in [5.74, 6) is 0.783. The van der Waals surface area contributed by atoms with Crippen LogP contribution >= 0.6 is 0 Å². The number of amides is 1. The van der Waals surface area contributed by atoms with Crippen LogP contribution in [0, 0.1) is 5.92 Å². The van der Waals surface area contributed by atoms with E-state index in [-0.39, 0.29) is 11.9 Å². The van der Waals surface area contributed by atoms with E-state index in [1.807, 2.05) is 0 Å². The van der Waals surface area contributed by atoms with Gasteiger partial charge in [-0.25, -0.2) is 0 Å². The highest BCUT2D eigenvalue weighted by atomic mass is 16.2. The first-order valence-electron chi connectivity index (χ1n) is 6.45. The molecule has 1 saturated heterocycles. The van der Waals surface area contributed by atoms with Crippen molar-refractivity contribution in [3.63, 3.8) is 0 Å². The molecule has 1 heterocycles. The van der Waals surface area contributed by atoms with Crippen LogP contribution in [-0.2, 0) is 4.79 Å². The monoisotopic (exact) mass is 225 g/mol. The number of hydrogen-bond donors (Lipinski definition) is 2. The summed E-state index contributed by atoms with van der Waals surface area (Å²) >= 11 is 0. The molecule has 0 aromatic carbocycles. The Morgan fingerprint density at radius 2 is 2.19 bits per heavy atom.